The number of nitrogens with two attached hydrogens (primary N) is 1. The molecule has 0 aliphatic heterocycles. The minimum absolute atomic E-state index is 0.0469. The van der Waals surface area contributed by atoms with Crippen LogP contribution in [0.3, 0.4) is 0 Å². The molecule has 2 N–H and O–H groups in total. The van der Waals surface area contributed by atoms with Crippen LogP contribution in [0.25, 0.3) is 0 Å². The van der Waals surface area contributed by atoms with Crippen molar-refractivity contribution in [2.75, 3.05) is 12.8 Å². The van der Waals surface area contributed by atoms with Crippen molar-refractivity contribution in [3.8, 4) is 0 Å². The second kappa shape index (κ2) is 5.28. The van der Waals surface area contributed by atoms with Crippen LogP contribution in [-0.4, -0.2) is 25.8 Å². The number of aryl methyl sites for hydroxylation is 2. The third kappa shape index (κ3) is 2.52. The van der Waals surface area contributed by atoms with Crippen LogP contribution in [0.4, 0.5) is 5.69 Å². The van der Waals surface area contributed by atoms with Gasteiger partial charge in [-0.2, -0.15) is 4.31 Å². The number of hydrogen-bond acceptors (Lipinski definition) is 3. The second-order valence-corrected chi connectivity index (χ2v) is 6.66. The normalized spacial score (nSPS) is 13.9. The minimum atomic E-state index is -3.53. The standard InChI is InChI=1S/C13H22N2O2S/c1-6-11(4)15(5)18(16,17)13-10(3)8-7-9(2)12(13)14/h7-8,11H,6,14H2,1-5H3. The van der Waals surface area contributed by atoms with Crippen molar-refractivity contribution in [2.24, 2.45) is 0 Å². The smallest absolute Gasteiger partial charge is 0.245 e. The first-order valence-corrected chi connectivity index (χ1v) is 7.51. The largest absolute Gasteiger partial charge is 0.397 e. The lowest BCUT2D eigenvalue weighted by atomic mass is 10.1. The maximum absolute atomic E-state index is 12.6. The van der Waals surface area contributed by atoms with Crippen molar-refractivity contribution in [2.45, 2.75) is 45.1 Å². The molecule has 1 aromatic rings. The molecule has 4 nitrogen and oxygen atoms in total. The molecule has 1 aromatic carbocycles. The first-order chi connectivity index (χ1) is 8.23. The summed E-state index contributed by atoms with van der Waals surface area (Å²) in [6, 6.07) is 3.59. The predicted molar refractivity (Wildman–Crippen MR) is 75.0 cm³/mol. The van der Waals surface area contributed by atoms with Crippen molar-refractivity contribution < 1.29 is 8.42 Å². The minimum Gasteiger partial charge on any atom is -0.397 e. The lowest BCUT2D eigenvalue weighted by Gasteiger charge is -2.25. The lowest BCUT2D eigenvalue weighted by molar-refractivity contribution is 0.380. The summed E-state index contributed by atoms with van der Waals surface area (Å²) in [7, 11) is -1.92. The number of rotatable bonds is 4. The van der Waals surface area contributed by atoms with E-state index in [1.807, 2.05) is 26.8 Å². The van der Waals surface area contributed by atoms with E-state index in [0.717, 1.165) is 12.0 Å². The van der Waals surface area contributed by atoms with E-state index in [0.29, 0.717) is 11.3 Å². The summed E-state index contributed by atoms with van der Waals surface area (Å²) in [5.41, 5.74) is 7.77. The highest BCUT2D eigenvalue weighted by molar-refractivity contribution is 7.89. The van der Waals surface area contributed by atoms with Crippen molar-refractivity contribution in [1.82, 2.24) is 4.31 Å². The fraction of sp³-hybridized carbons (Fsp3) is 0.538. The van der Waals surface area contributed by atoms with E-state index >= 15 is 0 Å². The van der Waals surface area contributed by atoms with Gasteiger partial charge in [-0.15, -0.1) is 0 Å². The highest BCUT2D eigenvalue weighted by atomic mass is 32.2. The molecule has 0 bridgehead atoms. The summed E-state index contributed by atoms with van der Waals surface area (Å²) in [6.07, 6.45) is 0.764. The molecule has 5 heteroatoms. The summed E-state index contributed by atoms with van der Waals surface area (Å²) in [4.78, 5) is 0.241. The molecule has 0 fully saturated rings. The van der Waals surface area contributed by atoms with E-state index in [2.05, 4.69) is 0 Å². The Morgan fingerprint density at radius 1 is 1.28 bits per heavy atom. The van der Waals surface area contributed by atoms with Crippen molar-refractivity contribution in [1.29, 1.82) is 0 Å². The second-order valence-electron chi connectivity index (χ2n) is 4.72. The summed E-state index contributed by atoms with van der Waals surface area (Å²) in [6.45, 7) is 7.44. The highest BCUT2D eigenvalue weighted by Gasteiger charge is 2.28. The summed E-state index contributed by atoms with van der Waals surface area (Å²) in [5.74, 6) is 0. The zero-order valence-corrected chi connectivity index (χ0v) is 12.5. The molecule has 0 radical (unpaired) electrons. The van der Waals surface area contributed by atoms with Gasteiger partial charge in [0.1, 0.15) is 4.90 Å². The van der Waals surface area contributed by atoms with Gasteiger partial charge in [0.25, 0.3) is 0 Å². The molecule has 0 saturated carbocycles. The molecule has 0 amide bonds. The number of sulfonamides is 1. The van der Waals surface area contributed by atoms with Crippen molar-refractivity contribution in [3.05, 3.63) is 23.3 Å². The van der Waals surface area contributed by atoms with E-state index in [-0.39, 0.29) is 10.9 Å². The molecule has 0 aliphatic carbocycles. The zero-order chi connectivity index (χ0) is 14.1. The highest BCUT2D eigenvalue weighted by Crippen LogP contribution is 2.29. The quantitative estimate of drug-likeness (QED) is 0.854. The van der Waals surface area contributed by atoms with Gasteiger partial charge in [-0.25, -0.2) is 8.42 Å². The Hall–Kier alpha value is -1.07. The molecule has 1 unspecified atom stereocenters. The summed E-state index contributed by atoms with van der Waals surface area (Å²) in [5, 5.41) is 0. The number of nitrogen functional groups attached to an aromatic ring is 1. The van der Waals surface area contributed by atoms with Crippen LogP contribution >= 0.6 is 0 Å². The Labute approximate surface area is 110 Å². The average molecular weight is 270 g/mol. The molecule has 0 spiro atoms. The molecule has 0 aliphatic rings. The number of nitrogens with zero attached hydrogens (tertiary/aromatic N) is 1. The number of hydrogen-bond donors (Lipinski definition) is 1. The van der Waals surface area contributed by atoms with Gasteiger partial charge in [0.2, 0.25) is 10.0 Å². The molecule has 0 saturated heterocycles. The van der Waals surface area contributed by atoms with Crippen LogP contribution in [0, 0.1) is 13.8 Å². The molecule has 18 heavy (non-hydrogen) atoms. The molecule has 1 atom stereocenters. The van der Waals surface area contributed by atoms with Gasteiger partial charge in [-0.3, -0.25) is 0 Å². The van der Waals surface area contributed by atoms with E-state index in [9.17, 15) is 8.42 Å². The summed E-state index contributed by atoms with van der Waals surface area (Å²) >= 11 is 0. The lowest BCUT2D eigenvalue weighted by Crippen LogP contribution is -2.35. The zero-order valence-electron chi connectivity index (χ0n) is 11.7. The Bertz CT molecular complexity index is 538. The van der Waals surface area contributed by atoms with E-state index < -0.39 is 10.0 Å². The van der Waals surface area contributed by atoms with Gasteiger partial charge in [-0.05, 0) is 38.3 Å². The molecular formula is C13H22N2O2S. The van der Waals surface area contributed by atoms with Crippen LogP contribution < -0.4 is 5.73 Å². The third-order valence-corrected chi connectivity index (χ3v) is 5.64. The van der Waals surface area contributed by atoms with Crippen molar-refractivity contribution in [3.63, 3.8) is 0 Å². The van der Waals surface area contributed by atoms with Crippen LogP contribution in [-0.2, 0) is 10.0 Å². The monoisotopic (exact) mass is 270 g/mol. The first-order valence-electron chi connectivity index (χ1n) is 6.07. The van der Waals surface area contributed by atoms with Crippen LogP contribution in [0.5, 0.6) is 0 Å². The van der Waals surface area contributed by atoms with Gasteiger partial charge >= 0.3 is 0 Å². The third-order valence-electron chi connectivity index (χ3n) is 3.46. The Balaban J connectivity index is 3.42. The fourth-order valence-corrected chi connectivity index (χ4v) is 3.61. The Kier molecular flexibility index (Phi) is 4.40. The van der Waals surface area contributed by atoms with Gasteiger partial charge in [0.15, 0.2) is 0 Å². The maximum Gasteiger partial charge on any atom is 0.245 e. The first kappa shape index (κ1) is 15.0. The Morgan fingerprint density at radius 3 is 2.28 bits per heavy atom. The molecule has 0 heterocycles. The fourth-order valence-electron chi connectivity index (χ4n) is 1.79. The average Bonchev–Trinajstić information content (AvgIpc) is 2.32. The molecule has 0 aromatic heterocycles. The topological polar surface area (TPSA) is 63.4 Å². The van der Waals surface area contributed by atoms with Crippen LogP contribution in [0.2, 0.25) is 0 Å². The number of benzene rings is 1. The van der Waals surface area contributed by atoms with Gasteiger partial charge in [-0.1, -0.05) is 19.1 Å². The number of anilines is 1. The predicted octanol–water partition coefficient (Wildman–Crippen LogP) is 2.30. The van der Waals surface area contributed by atoms with Crippen LogP contribution in [0.15, 0.2) is 17.0 Å². The maximum atomic E-state index is 12.6. The van der Waals surface area contributed by atoms with Crippen molar-refractivity contribution >= 4 is 15.7 Å². The molecular weight excluding hydrogens is 248 g/mol. The van der Waals surface area contributed by atoms with E-state index in [1.165, 1.54) is 4.31 Å². The SMILES string of the molecule is CCC(C)N(C)S(=O)(=O)c1c(C)ccc(C)c1N. The molecule has 1 rings (SSSR count). The molecule has 102 valence electrons. The Morgan fingerprint density at radius 2 is 1.78 bits per heavy atom. The van der Waals surface area contributed by atoms with Crippen LogP contribution in [0.1, 0.15) is 31.4 Å². The van der Waals surface area contributed by atoms with E-state index in [4.69, 9.17) is 5.73 Å². The van der Waals surface area contributed by atoms with E-state index in [1.54, 1.807) is 20.0 Å². The summed E-state index contributed by atoms with van der Waals surface area (Å²) < 4.78 is 26.5. The van der Waals surface area contributed by atoms with Gasteiger partial charge in [0, 0.05) is 13.1 Å². The van der Waals surface area contributed by atoms with Gasteiger partial charge in [0.05, 0.1) is 5.69 Å². The van der Waals surface area contributed by atoms with Gasteiger partial charge < -0.3 is 5.73 Å².